The SMILES string of the molecule is C=CCCC(=O)NC[C@@H](C)OC(=O)[C@@H]1[C@H]2O[C@@]3(CC2Br)[C@H](C(=O)N(CC=C)c2ccc(OC)cc2)N(CCCCCO)C(=O)[C@@H]13. The standard InChI is InChI=1S/C33H44BrN3O8/c1-5-7-11-25(39)35-20-21(3)44-32(42)26-27-30(40)37(17-9-8-10-18-38)29(33(27)19-24(34)28(26)45-33)31(41)36(16-6-2)22-12-14-23(43-4)15-13-22/h5-6,12-15,21,24,26-29,38H,1-2,7-11,16-20H2,3-4H3,(H,35,39)/t21-,24?,26+,27-,28+,29+,33-/m1/s1. The minimum absolute atomic E-state index is 0.0321. The van der Waals surface area contributed by atoms with E-state index in [9.17, 15) is 24.3 Å². The van der Waals surface area contributed by atoms with Crippen LogP contribution in [0.25, 0.3) is 0 Å². The molecule has 12 heteroatoms. The van der Waals surface area contributed by atoms with Crippen molar-refractivity contribution in [2.24, 2.45) is 11.8 Å². The maximum Gasteiger partial charge on any atom is 0.312 e. The number of carbonyl (C=O) groups is 4. The molecule has 1 aromatic carbocycles. The first-order valence-electron chi connectivity index (χ1n) is 15.5. The van der Waals surface area contributed by atoms with Gasteiger partial charge >= 0.3 is 5.97 Å². The largest absolute Gasteiger partial charge is 0.497 e. The van der Waals surface area contributed by atoms with Crippen LogP contribution in [-0.4, -0.2) is 95.7 Å². The highest BCUT2D eigenvalue weighted by Crippen LogP contribution is 2.60. The predicted molar refractivity (Wildman–Crippen MR) is 172 cm³/mol. The number of nitrogens with zero attached hydrogens (tertiary/aromatic N) is 2. The topological polar surface area (TPSA) is 135 Å². The van der Waals surface area contributed by atoms with Gasteiger partial charge in [-0.3, -0.25) is 19.2 Å². The van der Waals surface area contributed by atoms with Crippen molar-refractivity contribution in [1.82, 2.24) is 10.2 Å². The van der Waals surface area contributed by atoms with Crippen LogP contribution in [0.4, 0.5) is 5.69 Å². The number of carbonyl (C=O) groups excluding carboxylic acids is 4. The summed E-state index contributed by atoms with van der Waals surface area (Å²) in [7, 11) is 1.56. The Morgan fingerprint density at radius 2 is 1.96 bits per heavy atom. The number of esters is 1. The first-order valence-corrected chi connectivity index (χ1v) is 16.4. The third-order valence-electron chi connectivity index (χ3n) is 8.79. The van der Waals surface area contributed by atoms with E-state index in [4.69, 9.17) is 14.2 Å². The number of hydrogen-bond donors (Lipinski definition) is 2. The van der Waals surface area contributed by atoms with Gasteiger partial charge in [-0.2, -0.15) is 0 Å². The Bertz CT molecular complexity index is 1260. The molecule has 0 aliphatic carbocycles. The number of benzene rings is 1. The molecule has 1 aromatic rings. The van der Waals surface area contributed by atoms with Crippen LogP contribution in [0.5, 0.6) is 5.75 Å². The lowest BCUT2D eigenvalue weighted by atomic mass is 9.70. The summed E-state index contributed by atoms with van der Waals surface area (Å²) in [5, 5.41) is 12.1. The summed E-state index contributed by atoms with van der Waals surface area (Å²) in [6, 6.07) is 6.07. The zero-order valence-corrected chi connectivity index (χ0v) is 27.6. The lowest BCUT2D eigenvalue weighted by Gasteiger charge is -2.37. The molecule has 3 saturated heterocycles. The van der Waals surface area contributed by atoms with Gasteiger partial charge in [0.05, 0.1) is 31.6 Å². The van der Waals surface area contributed by atoms with Crippen LogP contribution < -0.4 is 15.0 Å². The fourth-order valence-electron chi connectivity index (χ4n) is 6.75. The van der Waals surface area contributed by atoms with Crippen molar-refractivity contribution in [3.05, 3.63) is 49.6 Å². The van der Waals surface area contributed by atoms with E-state index in [1.807, 2.05) is 0 Å². The number of allylic oxidation sites excluding steroid dienone is 1. The van der Waals surface area contributed by atoms with E-state index in [0.29, 0.717) is 43.5 Å². The van der Waals surface area contributed by atoms with Crippen LogP contribution in [-0.2, 0) is 28.7 Å². The molecule has 45 heavy (non-hydrogen) atoms. The maximum absolute atomic E-state index is 14.6. The van der Waals surface area contributed by atoms with E-state index in [1.54, 1.807) is 60.3 Å². The molecule has 3 amide bonds. The van der Waals surface area contributed by atoms with E-state index in [1.165, 1.54) is 0 Å². The van der Waals surface area contributed by atoms with Crippen molar-refractivity contribution in [2.45, 2.75) is 74.1 Å². The van der Waals surface area contributed by atoms with Crippen LogP contribution in [0.1, 0.15) is 45.4 Å². The number of alkyl halides is 1. The van der Waals surface area contributed by atoms with E-state index in [2.05, 4.69) is 34.4 Å². The first-order chi connectivity index (χ1) is 21.6. The molecular weight excluding hydrogens is 646 g/mol. The Morgan fingerprint density at radius 3 is 2.60 bits per heavy atom. The number of aliphatic hydroxyl groups is 1. The Morgan fingerprint density at radius 1 is 1.22 bits per heavy atom. The molecule has 3 fully saturated rings. The lowest BCUT2D eigenvalue weighted by Crippen LogP contribution is -2.57. The number of fused-ring (bicyclic) bond motifs is 1. The fourth-order valence-corrected chi connectivity index (χ4v) is 7.69. The highest BCUT2D eigenvalue weighted by Gasteiger charge is 2.77. The van der Waals surface area contributed by atoms with E-state index >= 15 is 0 Å². The van der Waals surface area contributed by atoms with Gasteiger partial charge in [0, 0.05) is 36.6 Å². The van der Waals surface area contributed by atoms with E-state index in [-0.39, 0.29) is 55.2 Å². The third kappa shape index (κ3) is 7.12. The number of aliphatic hydroxyl groups excluding tert-OH is 1. The van der Waals surface area contributed by atoms with Crippen LogP contribution in [0.2, 0.25) is 0 Å². The van der Waals surface area contributed by atoms with Gasteiger partial charge in [-0.15, -0.1) is 13.2 Å². The number of ether oxygens (including phenoxy) is 3. The monoisotopic (exact) mass is 689 g/mol. The van der Waals surface area contributed by atoms with Gasteiger partial charge in [0.2, 0.25) is 11.8 Å². The highest BCUT2D eigenvalue weighted by atomic mass is 79.9. The van der Waals surface area contributed by atoms with Gasteiger partial charge in [-0.05, 0) is 63.3 Å². The number of unbranched alkanes of at least 4 members (excludes halogenated alkanes) is 2. The summed E-state index contributed by atoms with van der Waals surface area (Å²) in [6.07, 6.45) is 4.97. The summed E-state index contributed by atoms with van der Waals surface area (Å²) >= 11 is 3.68. The summed E-state index contributed by atoms with van der Waals surface area (Å²) in [4.78, 5) is 57.5. The number of nitrogens with one attached hydrogen (secondary N) is 1. The predicted octanol–water partition coefficient (Wildman–Crippen LogP) is 3.14. The van der Waals surface area contributed by atoms with Crippen LogP contribution in [0.15, 0.2) is 49.6 Å². The Balaban J connectivity index is 1.63. The second-order valence-corrected chi connectivity index (χ2v) is 13.0. The summed E-state index contributed by atoms with van der Waals surface area (Å²) in [5.41, 5.74) is -0.641. The van der Waals surface area contributed by atoms with Gasteiger partial charge in [0.15, 0.2) is 0 Å². The highest BCUT2D eigenvalue weighted by molar-refractivity contribution is 9.09. The first kappa shape index (κ1) is 34.6. The number of methoxy groups -OCH3 is 1. The van der Waals surface area contributed by atoms with Crippen molar-refractivity contribution in [2.75, 3.05) is 38.3 Å². The number of amides is 3. The smallest absolute Gasteiger partial charge is 0.312 e. The number of hydrogen-bond acceptors (Lipinski definition) is 8. The van der Waals surface area contributed by atoms with Gasteiger partial charge < -0.3 is 34.4 Å². The van der Waals surface area contributed by atoms with Crippen molar-refractivity contribution >= 4 is 45.3 Å². The van der Waals surface area contributed by atoms with Crippen molar-refractivity contribution in [1.29, 1.82) is 0 Å². The molecule has 3 heterocycles. The van der Waals surface area contributed by atoms with Crippen LogP contribution in [0, 0.1) is 11.8 Å². The number of likely N-dealkylation sites (tertiary alicyclic amines) is 1. The second-order valence-electron chi connectivity index (χ2n) is 11.8. The molecular formula is C33H44BrN3O8. The normalized spacial score (nSPS) is 27.1. The summed E-state index contributed by atoms with van der Waals surface area (Å²) in [6.45, 7) is 9.76. The molecule has 3 aliphatic rings. The minimum atomic E-state index is -1.25. The Hall–Kier alpha value is -3.22. The molecule has 1 unspecified atom stereocenters. The van der Waals surface area contributed by atoms with E-state index in [0.717, 1.165) is 0 Å². The molecule has 3 aliphatic heterocycles. The van der Waals surface area contributed by atoms with Gasteiger partial charge in [0.25, 0.3) is 5.91 Å². The minimum Gasteiger partial charge on any atom is -0.497 e. The van der Waals surface area contributed by atoms with Crippen LogP contribution in [0.3, 0.4) is 0 Å². The van der Waals surface area contributed by atoms with E-state index < -0.39 is 41.7 Å². The maximum atomic E-state index is 14.6. The molecule has 7 atom stereocenters. The Kier molecular flexibility index (Phi) is 11.8. The summed E-state index contributed by atoms with van der Waals surface area (Å²) < 4.78 is 17.7. The van der Waals surface area contributed by atoms with Gasteiger partial charge in [-0.1, -0.05) is 28.1 Å². The fraction of sp³-hybridized carbons (Fsp3) is 0.576. The van der Waals surface area contributed by atoms with Crippen molar-refractivity contribution in [3.63, 3.8) is 0 Å². The van der Waals surface area contributed by atoms with Gasteiger partial charge in [0.1, 0.15) is 23.5 Å². The number of halogens is 1. The zero-order chi connectivity index (χ0) is 32.7. The summed E-state index contributed by atoms with van der Waals surface area (Å²) in [5.74, 6) is -2.62. The zero-order valence-electron chi connectivity index (χ0n) is 26.0. The number of anilines is 1. The molecule has 11 nitrogen and oxygen atoms in total. The van der Waals surface area contributed by atoms with Crippen molar-refractivity contribution < 1.29 is 38.5 Å². The molecule has 4 rings (SSSR count). The molecule has 0 saturated carbocycles. The lowest BCUT2D eigenvalue weighted by molar-refractivity contribution is -0.159. The molecule has 1 spiro atoms. The second kappa shape index (κ2) is 15.4. The molecule has 2 N–H and O–H groups in total. The molecule has 246 valence electrons. The van der Waals surface area contributed by atoms with Crippen molar-refractivity contribution in [3.8, 4) is 5.75 Å². The molecule has 0 radical (unpaired) electrons. The molecule has 2 bridgehead atoms. The third-order valence-corrected chi connectivity index (χ3v) is 9.64. The average molecular weight is 691 g/mol. The average Bonchev–Trinajstić information content (AvgIpc) is 3.62. The molecule has 0 aromatic heterocycles. The Labute approximate surface area is 273 Å². The van der Waals surface area contributed by atoms with Crippen LogP contribution >= 0.6 is 15.9 Å². The quantitative estimate of drug-likeness (QED) is 0.110. The number of rotatable bonds is 17. The van der Waals surface area contributed by atoms with Gasteiger partial charge in [-0.25, -0.2) is 0 Å².